The van der Waals surface area contributed by atoms with Gasteiger partial charge in [-0.2, -0.15) is 5.10 Å². The average molecular weight is 405 g/mol. The maximum Gasteiger partial charge on any atom is 0.321 e. The molecule has 156 valence electrons. The zero-order chi connectivity index (χ0) is 20.9. The fourth-order valence-corrected chi connectivity index (χ4v) is 3.83. The first-order valence-corrected chi connectivity index (χ1v) is 10.4. The van der Waals surface area contributed by atoms with Gasteiger partial charge in [-0.05, 0) is 49.7 Å². The van der Waals surface area contributed by atoms with Crippen LogP contribution in [0.4, 0.5) is 10.5 Å². The van der Waals surface area contributed by atoms with E-state index in [4.69, 9.17) is 4.74 Å². The van der Waals surface area contributed by atoms with E-state index in [2.05, 4.69) is 29.5 Å². The normalized spacial score (nSPS) is 14.5. The SMILES string of the molecule is Cc1cc(C)n(Cc2cccc(NC(=O)N3CCC(Oc4ccccc4)CC3)c2)n1. The van der Waals surface area contributed by atoms with Crippen molar-refractivity contribution < 1.29 is 9.53 Å². The summed E-state index contributed by atoms with van der Waals surface area (Å²) in [6.45, 7) is 6.11. The van der Waals surface area contributed by atoms with Crippen molar-refractivity contribution in [1.82, 2.24) is 14.7 Å². The number of benzene rings is 2. The van der Waals surface area contributed by atoms with Gasteiger partial charge in [-0.1, -0.05) is 30.3 Å². The van der Waals surface area contributed by atoms with Crippen LogP contribution in [0.15, 0.2) is 60.7 Å². The van der Waals surface area contributed by atoms with Crippen molar-refractivity contribution in [1.29, 1.82) is 0 Å². The number of likely N-dealkylation sites (tertiary alicyclic amines) is 1. The lowest BCUT2D eigenvalue weighted by atomic mass is 10.1. The van der Waals surface area contributed by atoms with Crippen LogP contribution < -0.4 is 10.1 Å². The number of nitrogens with one attached hydrogen (secondary N) is 1. The van der Waals surface area contributed by atoms with Crippen molar-refractivity contribution in [2.45, 2.75) is 39.3 Å². The third-order valence-corrected chi connectivity index (χ3v) is 5.39. The van der Waals surface area contributed by atoms with Gasteiger partial charge in [-0.15, -0.1) is 0 Å². The van der Waals surface area contributed by atoms with Gasteiger partial charge >= 0.3 is 6.03 Å². The van der Waals surface area contributed by atoms with Gasteiger partial charge in [-0.25, -0.2) is 4.79 Å². The molecule has 0 bridgehead atoms. The number of piperidine rings is 1. The monoisotopic (exact) mass is 404 g/mol. The van der Waals surface area contributed by atoms with Crippen LogP contribution in [0.5, 0.6) is 5.75 Å². The van der Waals surface area contributed by atoms with E-state index in [1.54, 1.807) is 0 Å². The molecule has 1 aliphatic rings. The Labute approximate surface area is 177 Å². The van der Waals surface area contributed by atoms with Crippen LogP contribution >= 0.6 is 0 Å². The number of hydrogen-bond donors (Lipinski definition) is 1. The lowest BCUT2D eigenvalue weighted by Gasteiger charge is -2.32. The first-order chi connectivity index (χ1) is 14.6. The van der Waals surface area contributed by atoms with Gasteiger partial charge in [0, 0.05) is 37.3 Å². The van der Waals surface area contributed by atoms with Crippen LogP contribution in [-0.2, 0) is 6.54 Å². The molecule has 0 aliphatic carbocycles. The third-order valence-electron chi connectivity index (χ3n) is 5.39. The molecule has 4 rings (SSSR count). The quantitative estimate of drug-likeness (QED) is 0.675. The molecule has 0 radical (unpaired) electrons. The van der Waals surface area contributed by atoms with E-state index >= 15 is 0 Å². The van der Waals surface area contributed by atoms with Gasteiger partial charge in [0.1, 0.15) is 11.9 Å². The summed E-state index contributed by atoms with van der Waals surface area (Å²) in [6, 6.07) is 19.8. The fourth-order valence-electron chi connectivity index (χ4n) is 3.83. The molecule has 1 saturated heterocycles. The molecule has 2 heterocycles. The number of urea groups is 1. The largest absolute Gasteiger partial charge is 0.490 e. The third kappa shape index (κ3) is 5.00. The Morgan fingerprint density at radius 3 is 2.53 bits per heavy atom. The number of rotatable bonds is 5. The van der Waals surface area contributed by atoms with E-state index in [-0.39, 0.29) is 12.1 Å². The topological polar surface area (TPSA) is 59.4 Å². The number of ether oxygens (including phenoxy) is 1. The lowest BCUT2D eigenvalue weighted by molar-refractivity contribution is 0.115. The fraction of sp³-hybridized carbons (Fsp3) is 0.333. The molecule has 30 heavy (non-hydrogen) atoms. The van der Waals surface area contributed by atoms with Gasteiger partial charge in [0.15, 0.2) is 0 Å². The number of anilines is 1. The van der Waals surface area contributed by atoms with Crippen LogP contribution in [0, 0.1) is 13.8 Å². The Balaban J connectivity index is 1.30. The molecule has 0 atom stereocenters. The number of carbonyl (C=O) groups excluding carboxylic acids is 1. The molecule has 0 spiro atoms. The second-order valence-corrected chi connectivity index (χ2v) is 7.83. The first-order valence-electron chi connectivity index (χ1n) is 10.4. The van der Waals surface area contributed by atoms with E-state index < -0.39 is 0 Å². The van der Waals surface area contributed by atoms with Crippen LogP contribution in [0.3, 0.4) is 0 Å². The molecular formula is C24H28N4O2. The van der Waals surface area contributed by atoms with E-state index in [1.165, 1.54) is 0 Å². The zero-order valence-corrected chi connectivity index (χ0v) is 17.5. The Bertz CT molecular complexity index is 991. The lowest BCUT2D eigenvalue weighted by Crippen LogP contribution is -2.43. The minimum Gasteiger partial charge on any atom is -0.490 e. The molecule has 2 aromatic carbocycles. The van der Waals surface area contributed by atoms with Crippen molar-refractivity contribution >= 4 is 11.7 Å². The minimum absolute atomic E-state index is 0.0589. The van der Waals surface area contributed by atoms with Crippen molar-refractivity contribution in [2.75, 3.05) is 18.4 Å². The Kier molecular flexibility index (Phi) is 6.02. The van der Waals surface area contributed by atoms with Gasteiger partial charge in [0.2, 0.25) is 0 Å². The summed E-state index contributed by atoms with van der Waals surface area (Å²) in [7, 11) is 0. The molecule has 1 aliphatic heterocycles. The van der Waals surface area contributed by atoms with Gasteiger partial charge in [-0.3, -0.25) is 4.68 Å². The van der Waals surface area contributed by atoms with E-state index in [9.17, 15) is 4.79 Å². The molecule has 0 unspecified atom stereocenters. The second kappa shape index (κ2) is 9.03. The smallest absolute Gasteiger partial charge is 0.321 e. The van der Waals surface area contributed by atoms with Gasteiger partial charge < -0.3 is 15.0 Å². The highest BCUT2D eigenvalue weighted by Crippen LogP contribution is 2.20. The second-order valence-electron chi connectivity index (χ2n) is 7.83. The van der Waals surface area contributed by atoms with Gasteiger partial charge in [0.05, 0.1) is 12.2 Å². The van der Waals surface area contributed by atoms with Crippen LogP contribution in [0.25, 0.3) is 0 Å². The van der Waals surface area contributed by atoms with Crippen molar-refractivity contribution in [3.63, 3.8) is 0 Å². The predicted molar refractivity (Wildman–Crippen MR) is 118 cm³/mol. The average Bonchev–Trinajstić information content (AvgIpc) is 3.06. The molecular weight excluding hydrogens is 376 g/mol. The molecule has 1 aromatic heterocycles. The molecule has 0 saturated carbocycles. The Hall–Kier alpha value is -3.28. The first kappa shape index (κ1) is 20.0. The Morgan fingerprint density at radius 2 is 1.83 bits per heavy atom. The summed E-state index contributed by atoms with van der Waals surface area (Å²) >= 11 is 0. The maximum absolute atomic E-state index is 12.7. The number of aryl methyl sites for hydroxylation is 2. The minimum atomic E-state index is -0.0589. The van der Waals surface area contributed by atoms with Gasteiger partial charge in [0.25, 0.3) is 0 Å². The summed E-state index contributed by atoms with van der Waals surface area (Å²) in [5, 5.41) is 7.55. The number of amides is 2. The van der Waals surface area contributed by atoms with Crippen molar-refractivity contribution in [2.24, 2.45) is 0 Å². The summed E-state index contributed by atoms with van der Waals surface area (Å²) < 4.78 is 8.00. The van der Waals surface area contributed by atoms with Crippen LogP contribution in [0.2, 0.25) is 0 Å². The number of aromatic nitrogens is 2. The number of hydrogen-bond acceptors (Lipinski definition) is 3. The summed E-state index contributed by atoms with van der Waals surface area (Å²) in [4.78, 5) is 14.6. The molecule has 3 aromatic rings. The van der Waals surface area contributed by atoms with Crippen molar-refractivity contribution in [3.8, 4) is 5.75 Å². The highest BCUT2D eigenvalue weighted by Gasteiger charge is 2.24. The summed E-state index contributed by atoms with van der Waals surface area (Å²) in [5.74, 6) is 0.889. The number of carbonyl (C=O) groups is 1. The van der Waals surface area contributed by atoms with E-state index in [0.29, 0.717) is 19.6 Å². The number of nitrogens with zero attached hydrogens (tertiary/aromatic N) is 3. The molecule has 2 amide bonds. The van der Waals surface area contributed by atoms with E-state index in [1.807, 2.05) is 65.0 Å². The zero-order valence-electron chi connectivity index (χ0n) is 17.5. The van der Waals surface area contributed by atoms with E-state index in [0.717, 1.165) is 41.2 Å². The Morgan fingerprint density at radius 1 is 1.07 bits per heavy atom. The molecule has 6 nitrogen and oxygen atoms in total. The predicted octanol–water partition coefficient (Wildman–Crippen LogP) is 4.62. The van der Waals surface area contributed by atoms with Crippen molar-refractivity contribution in [3.05, 3.63) is 77.6 Å². The maximum atomic E-state index is 12.7. The summed E-state index contributed by atoms with van der Waals surface area (Å²) in [6.07, 6.45) is 1.82. The highest BCUT2D eigenvalue weighted by molar-refractivity contribution is 5.89. The number of para-hydroxylation sites is 1. The standard InChI is InChI=1S/C24H28N4O2/c1-18-15-19(2)28(26-18)17-20-7-6-8-21(16-20)25-24(29)27-13-11-23(12-14-27)30-22-9-4-3-5-10-22/h3-10,15-16,23H,11-14,17H2,1-2H3,(H,25,29). The molecule has 1 N–H and O–H groups in total. The van der Waals surface area contributed by atoms with Crippen LogP contribution in [0.1, 0.15) is 29.8 Å². The molecule has 6 heteroatoms. The summed E-state index contributed by atoms with van der Waals surface area (Å²) in [5.41, 5.74) is 4.05. The van der Waals surface area contributed by atoms with Crippen LogP contribution in [-0.4, -0.2) is 39.9 Å². The highest BCUT2D eigenvalue weighted by atomic mass is 16.5. The molecule has 1 fully saturated rings.